The Balaban J connectivity index is 1.35. The molecule has 3 heterocycles. The number of anilines is 1. The van der Waals surface area contributed by atoms with Crippen molar-refractivity contribution in [1.82, 2.24) is 14.1 Å². The van der Waals surface area contributed by atoms with Crippen LogP contribution in [0.5, 0.6) is 5.75 Å². The van der Waals surface area contributed by atoms with Crippen molar-refractivity contribution in [3.63, 3.8) is 0 Å². The van der Waals surface area contributed by atoms with Crippen LogP contribution in [0.15, 0.2) is 65.8 Å². The Morgan fingerprint density at radius 3 is 2.65 bits per heavy atom. The maximum Gasteiger partial charge on any atom is 0.243 e. The lowest BCUT2D eigenvalue weighted by atomic mass is 9.82. The quantitative estimate of drug-likeness (QED) is 0.619. The Kier molecular flexibility index (Phi) is 6.14. The first-order valence-electron chi connectivity index (χ1n) is 11.5. The van der Waals surface area contributed by atoms with Gasteiger partial charge in [-0.1, -0.05) is 24.3 Å². The molecule has 2 aliphatic rings. The lowest BCUT2D eigenvalue weighted by Gasteiger charge is -2.38. The van der Waals surface area contributed by atoms with Crippen LogP contribution in [0.4, 0.5) is 5.69 Å². The summed E-state index contributed by atoms with van der Waals surface area (Å²) in [4.78, 5) is 13.2. The van der Waals surface area contributed by atoms with Gasteiger partial charge in [-0.3, -0.25) is 9.48 Å². The van der Waals surface area contributed by atoms with Crippen molar-refractivity contribution < 1.29 is 17.9 Å². The maximum atomic E-state index is 13.1. The standard InChI is InChI=1S/C25H28N4O4S/c1-28-16-21(15-26-28)18-7-8-23-24(13-18)33-12-10-20-17-29(11-9-19(20)14-25(30)27-23)34(31,32)22-5-3-2-4-6-22/h2-8,13,15-16,19-20H,9-12,14,17H2,1H3,(H,27,30)/t19-,20-/m0/s1. The Morgan fingerprint density at radius 1 is 1.06 bits per heavy atom. The van der Waals surface area contributed by atoms with Crippen molar-refractivity contribution in [2.75, 3.05) is 25.0 Å². The second kappa shape index (κ2) is 9.23. The summed E-state index contributed by atoms with van der Waals surface area (Å²) in [5.74, 6) is 0.691. The summed E-state index contributed by atoms with van der Waals surface area (Å²) in [5.41, 5.74) is 2.57. The van der Waals surface area contributed by atoms with E-state index in [0.29, 0.717) is 55.3 Å². The predicted molar refractivity (Wildman–Crippen MR) is 129 cm³/mol. The highest BCUT2D eigenvalue weighted by atomic mass is 32.2. The first kappa shape index (κ1) is 22.6. The Bertz CT molecular complexity index is 1290. The molecule has 1 amide bonds. The maximum absolute atomic E-state index is 13.1. The number of sulfonamides is 1. The zero-order valence-electron chi connectivity index (χ0n) is 19.1. The van der Waals surface area contributed by atoms with Crippen LogP contribution in [-0.2, 0) is 21.9 Å². The number of amides is 1. The zero-order chi connectivity index (χ0) is 23.7. The molecule has 0 radical (unpaired) electrons. The molecule has 0 spiro atoms. The van der Waals surface area contributed by atoms with Crippen LogP contribution in [0.3, 0.4) is 0 Å². The summed E-state index contributed by atoms with van der Waals surface area (Å²) in [7, 11) is -1.70. The van der Waals surface area contributed by atoms with E-state index in [-0.39, 0.29) is 17.7 Å². The first-order valence-corrected chi connectivity index (χ1v) is 12.9. The van der Waals surface area contributed by atoms with Gasteiger partial charge in [-0.05, 0) is 54.5 Å². The third kappa shape index (κ3) is 4.58. The van der Waals surface area contributed by atoms with E-state index in [9.17, 15) is 13.2 Å². The van der Waals surface area contributed by atoms with Crippen LogP contribution in [0, 0.1) is 11.8 Å². The second-order valence-electron chi connectivity index (χ2n) is 8.99. The van der Waals surface area contributed by atoms with E-state index in [2.05, 4.69) is 10.4 Å². The molecule has 1 saturated heterocycles. The molecule has 1 fully saturated rings. The molecular weight excluding hydrogens is 452 g/mol. The van der Waals surface area contributed by atoms with Crippen molar-refractivity contribution in [2.24, 2.45) is 18.9 Å². The van der Waals surface area contributed by atoms with Crippen molar-refractivity contribution >= 4 is 21.6 Å². The molecule has 8 nitrogen and oxygen atoms in total. The van der Waals surface area contributed by atoms with Crippen molar-refractivity contribution in [3.05, 3.63) is 60.9 Å². The van der Waals surface area contributed by atoms with Gasteiger partial charge in [0, 0.05) is 38.3 Å². The monoisotopic (exact) mass is 480 g/mol. The summed E-state index contributed by atoms with van der Waals surface area (Å²) >= 11 is 0. The number of nitrogens with zero attached hydrogens (tertiary/aromatic N) is 3. The lowest BCUT2D eigenvalue weighted by molar-refractivity contribution is -0.117. The SMILES string of the molecule is Cn1cc(-c2ccc3c(c2)OCC[C@H]2CN(S(=O)(=O)c4ccccc4)CC[C@H]2CC(=O)N3)cn1. The minimum Gasteiger partial charge on any atom is -0.491 e. The van der Waals surface area contributed by atoms with Crippen molar-refractivity contribution in [1.29, 1.82) is 0 Å². The van der Waals surface area contributed by atoms with Gasteiger partial charge in [-0.25, -0.2) is 8.42 Å². The van der Waals surface area contributed by atoms with Crippen LogP contribution < -0.4 is 10.1 Å². The van der Waals surface area contributed by atoms with Gasteiger partial charge < -0.3 is 10.1 Å². The van der Waals surface area contributed by atoms with E-state index in [1.807, 2.05) is 31.4 Å². The number of piperidine rings is 1. The molecule has 2 aromatic carbocycles. The number of carbonyl (C=O) groups is 1. The first-order chi connectivity index (χ1) is 16.4. The highest BCUT2D eigenvalue weighted by Crippen LogP contribution is 2.36. The van der Waals surface area contributed by atoms with Gasteiger partial charge in [-0.15, -0.1) is 0 Å². The summed E-state index contributed by atoms with van der Waals surface area (Å²) in [6.07, 6.45) is 5.41. The highest BCUT2D eigenvalue weighted by molar-refractivity contribution is 7.89. The number of aryl methyl sites for hydroxylation is 1. The average molecular weight is 481 g/mol. The molecule has 0 aliphatic carbocycles. The number of aromatic nitrogens is 2. The van der Waals surface area contributed by atoms with Crippen molar-refractivity contribution in [3.8, 4) is 16.9 Å². The molecule has 1 aromatic heterocycles. The van der Waals surface area contributed by atoms with Gasteiger partial charge in [-0.2, -0.15) is 9.40 Å². The van der Waals surface area contributed by atoms with Gasteiger partial charge >= 0.3 is 0 Å². The third-order valence-electron chi connectivity index (χ3n) is 6.72. The molecule has 34 heavy (non-hydrogen) atoms. The Labute approximate surface area is 199 Å². The summed E-state index contributed by atoms with van der Waals surface area (Å²) in [6, 6.07) is 14.3. The van der Waals surface area contributed by atoms with E-state index in [1.54, 1.807) is 45.5 Å². The van der Waals surface area contributed by atoms with Gasteiger partial charge in [0.25, 0.3) is 0 Å². The minimum absolute atomic E-state index is 0.0426. The number of carbonyl (C=O) groups excluding carboxylic acids is 1. The lowest BCUT2D eigenvalue weighted by Crippen LogP contribution is -2.45. The molecule has 178 valence electrons. The number of hydrogen-bond acceptors (Lipinski definition) is 5. The fourth-order valence-corrected chi connectivity index (χ4v) is 6.39. The zero-order valence-corrected chi connectivity index (χ0v) is 19.9. The predicted octanol–water partition coefficient (Wildman–Crippen LogP) is 3.53. The van der Waals surface area contributed by atoms with Crippen LogP contribution in [0.1, 0.15) is 19.3 Å². The minimum atomic E-state index is -3.56. The Hall–Kier alpha value is -3.17. The molecule has 9 heteroatoms. The van der Waals surface area contributed by atoms with E-state index in [1.165, 1.54) is 0 Å². The Morgan fingerprint density at radius 2 is 1.88 bits per heavy atom. The molecule has 2 atom stereocenters. The number of benzene rings is 2. The van der Waals surface area contributed by atoms with E-state index >= 15 is 0 Å². The molecule has 0 bridgehead atoms. The van der Waals surface area contributed by atoms with Crippen LogP contribution in [0.2, 0.25) is 0 Å². The number of fused-ring (bicyclic) bond motifs is 2. The number of nitrogens with one attached hydrogen (secondary N) is 1. The second-order valence-corrected chi connectivity index (χ2v) is 10.9. The average Bonchev–Trinajstić information content (AvgIpc) is 3.27. The topological polar surface area (TPSA) is 93.5 Å². The van der Waals surface area contributed by atoms with Gasteiger partial charge in [0.15, 0.2) is 0 Å². The van der Waals surface area contributed by atoms with Crippen LogP contribution >= 0.6 is 0 Å². The van der Waals surface area contributed by atoms with Crippen LogP contribution in [-0.4, -0.2) is 48.1 Å². The fourth-order valence-electron chi connectivity index (χ4n) is 4.86. The molecular formula is C25H28N4O4S. The van der Waals surface area contributed by atoms with E-state index in [4.69, 9.17) is 4.74 Å². The summed E-state index contributed by atoms with van der Waals surface area (Å²) in [6.45, 7) is 1.25. The number of hydrogen-bond donors (Lipinski definition) is 1. The third-order valence-corrected chi connectivity index (χ3v) is 8.60. The highest BCUT2D eigenvalue weighted by Gasteiger charge is 2.36. The van der Waals surface area contributed by atoms with E-state index < -0.39 is 10.0 Å². The number of rotatable bonds is 3. The summed E-state index contributed by atoms with van der Waals surface area (Å²) in [5, 5.41) is 7.22. The molecule has 0 saturated carbocycles. The molecule has 0 unspecified atom stereocenters. The smallest absolute Gasteiger partial charge is 0.243 e. The largest absolute Gasteiger partial charge is 0.491 e. The molecule has 1 N–H and O–H groups in total. The van der Waals surface area contributed by atoms with Gasteiger partial charge in [0.05, 0.1) is 23.4 Å². The molecule has 2 aliphatic heterocycles. The summed E-state index contributed by atoms with van der Waals surface area (Å²) < 4.78 is 35.7. The van der Waals surface area contributed by atoms with Crippen molar-refractivity contribution in [2.45, 2.75) is 24.2 Å². The van der Waals surface area contributed by atoms with Gasteiger partial charge in [0.1, 0.15) is 5.75 Å². The van der Waals surface area contributed by atoms with Gasteiger partial charge in [0.2, 0.25) is 15.9 Å². The number of ether oxygens (including phenoxy) is 1. The molecule has 3 aromatic rings. The normalized spacial score (nSPS) is 21.6. The van der Waals surface area contributed by atoms with E-state index in [0.717, 1.165) is 11.1 Å². The van der Waals surface area contributed by atoms with Crippen LogP contribution in [0.25, 0.3) is 11.1 Å². The molecule has 5 rings (SSSR count). The fraction of sp³-hybridized carbons (Fsp3) is 0.360.